The van der Waals surface area contributed by atoms with Gasteiger partial charge in [-0.05, 0) is 113 Å². The van der Waals surface area contributed by atoms with E-state index in [0.717, 1.165) is 67.3 Å². The van der Waals surface area contributed by atoms with Gasteiger partial charge in [0, 0.05) is 117 Å². The normalized spacial score (nSPS) is 10.4. The molecule has 0 saturated carbocycles. The van der Waals surface area contributed by atoms with E-state index >= 15 is 0 Å². The van der Waals surface area contributed by atoms with Gasteiger partial charge >= 0.3 is 16.5 Å². The Morgan fingerprint density at radius 3 is 0.683 bits per heavy atom. The molecule has 4 aromatic rings. The van der Waals surface area contributed by atoms with Crippen LogP contribution in [0.2, 0.25) is 0 Å². The van der Waals surface area contributed by atoms with Crippen LogP contribution in [0.3, 0.4) is 0 Å². The minimum absolute atomic E-state index is 0. The molecule has 0 aliphatic rings. The average molecular weight is 988 g/mol. The molecule has 352 valence electrons. The summed E-state index contributed by atoms with van der Waals surface area (Å²) in [6, 6.07) is 23.8. The maximum Gasteiger partial charge on any atom is 2.00 e. The molecule has 0 bridgehead atoms. The van der Waals surface area contributed by atoms with Gasteiger partial charge in [-0.25, -0.2) is 0 Å². The Labute approximate surface area is 397 Å². The fourth-order valence-corrected chi connectivity index (χ4v) is 5.07. The molecule has 8 N–H and O–H groups in total. The molecule has 0 aliphatic heterocycles. The summed E-state index contributed by atoms with van der Waals surface area (Å²) in [5.41, 5.74) is 27.9. The Kier molecular flexibility index (Phi) is 33.8. The first-order chi connectivity index (χ1) is 28.6. The van der Waals surface area contributed by atoms with Gasteiger partial charge < -0.3 is 42.7 Å². The summed E-state index contributed by atoms with van der Waals surface area (Å²) in [6.45, 7) is 16.0. The summed E-state index contributed by atoms with van der Waals surface area (Å²) in [5.74, 6) is -0.289. The summed E-state index contributed by atoms with van der Waals surface area (Å²) < 4.78 is 38.2. The molecule has 19 heteroatoms. The number of aliphatic imine (C=N–C) groups is 2. The van der Waals surface area contributed by atoms with Crippen molar-refractivity contribution in [2.45, 2.75) is 55.4 Å². The fraction of sp³-hybridized carbons (Fsp3) is 0.364. The van der Waals surface area contributed by atoms with Crippen molar-refractivity contribution in [2.75, 3.05) is 71.3 Å². The monoisotopic (exact) mass is 986 g/mol. The fourth-order valence-electron chi connectivity index (χ4n) is 5.07. The molecule has 4 aromatic carbocycles. The average Bonchev–Trinajstić information content (AvgIpc) is 3.01. The number of hydrogen-bond acceptors (Lipinski definition) is 6. The number of anilines is 4. The van der Waals surface area contributed by atoms with Gasteiger partial charge in [0.1, 0.15) is 11.9 Å². The van der Waals surface area contributed by atoms with Crippen LogP contribution in [0.15, 0.2) is 82.8 Å². The zero-order valence-electron chi connectivity index (χ0n) is 39.4. The summed E-state index contributed by atoms with van der Waals surface area (Å²) in [7, 11) is -2.44. The molecule has 0 aliphatic carbocycles. The van der Waals surface area contributed by atoms with Crippen LogP contribution in [-0.4, -0.2) is 90.7 Å². The predicted octanol–water partition coefficient (Wildman–Crippen LogP) is 9.55. The predicted molar refractivity (Wildman–Crippen MR) is 277 cm³/mol. The molecule has 0 spiro atoms. The van der Waals surface area contributed by atoms with Crippen LogP contribution in [0.5, 0.6) is 0 Å². The molecule has 0 aromatic heterocycles. The zero-order chi connectivity index (χ0) is 48.3. The van der Waals surface area contributed by atoms with Gasteiger partial charge in [-0.1, -0.05) is 70.8 Å². The minimum Gasteiger partial charge on any atom is -0.412 e. The molecular formula is C44H68N10NiO4S4. The van der Waals surface area contributed by atoms with E-state index in [9.17, 15) is 16.8 Å². The first-order valence-corrected chi connectivity index (χ1v) is 26.6. The number of rotatable bonds is 4. The molecular weight excluding hydrogens is 920 g/mol. The molecule has 0 heterocycles. The number of benzene rings is 4. The number of hydrogen-bond donors (Lipinski definition) is 6. The van der Waals surface area contributed by atoms with Crippen molar-refractivity contribution in [3.8, 4) is 0 Å². The van der Waals surface area contributed by atoms with E-state index in [1.165, 1.54) is 0 Å². The summed E-state index contributed by atoms with van der Waals surface area (Å²) in [6.07, 6.45) is 13.1. The Hall–Kier alpha value is -4.55. The topological polar surface area (TPSA) is 236 Å². The maximum atomic E-state index is 9.56. The van der Waals surface area contributed by atoms with E-state index < -0.39 is 43.2 Å². The smallest absolute Gasteiger partial charge is 0.412 e. The van der Waals surface area contributed by atoms with E-state index in [4.69, 9.17) is 22.3 Å². The van der Waals surface area contributed by atoms with Crippen molar-refractivity contribution in [2.24, 2.45) is 9.98 Å². The van der Waals surface area contributed by atoms with E-state index in [-0.39, 0.29) is 40.3 Å². The first-order valence-electron chi connectivity index (χ1n) is 18.8. The summed E-state index contributed by atoms with van der Waals surface area (Å²) >= 11 is 0. The molecule has 14 nitrogen and oxygen atoms in total. The third kappa shape index (κ3) is 38.8. The standard InChI is InChI=1S/2C18H22N5.4C2H6OS.Ni/c2*1-11-5-12(2)8-15(7-11)21-17(19)23-18(20)22-16-9-13(3)6-14(4)10-16;4*1-4(2)3;/h2*5-10H,1-4H3,(H4-,19,20,21,22,23);4*1-2H3;/q2*-1;;;;;+2. The number of guanidine groups is 4. The maximum absolute atomic E-state index is 9.56. The second kappa shape index (κ2) is 33.9. The van der Waals surface area contributed by atoms with Gasteiger partial charge in [-0.2, -0.15) is 0 Å². The summed E-state index contributed by atoms with van der Waals surface area (Å²) in [5, 5.41) is 27.4. The third-order valence-electron chi connectivity index (χ3n) is 6.38. The second-order valence-corrected chi connectivity index (χ2v) is 20.5. The van der Waals surface area contributed by atoms with Gasteiger partial charge in [0.25, 0.3) is 0 Å². The number of nitrogens with one attached hydrogen (secondary N) is 8. The van der Waals surface area contributed by atoms with Gasteiger partial charge in [-0.15, -0.1) is 0 Å². The minimum atomic E-state index is -0.611. The number of aryl methyl sites for hydroxylation is 8. The first kappa shape index (κ1) is 62.7. The molecule has 0 unspecified atom stereocenters. The molecule has 4 rings (SSSR count). The molecule has 0 saturated heterocycles. The van der Waals surface area contributed by atoms with E-state index in [1.807, 2.05) is 104 Å². The van der Waals surface area contributed by atoms with Crippen molar-refractivity contribution in [1.82, 2.24) is 0 Å². The largest absolute Gasteiger partial charge is 2.00 e. The van der Waals surface area contributed by atoms with Crippen LogP contribution < -0.4 is 21.3 Å². The van der Waals surface area contributed by atoms with Crippen LogP contribution in [0.4, 0.5) is 22.7 Å². The quantitative estimate of drug-likeness (QED) is 0.0653. The van der Waals surface area contributed by atoms with Gasteiger partial charge in [-0.3, -0.25) is 27.7 Å². The second-order valence-electron chi connectivity index (χ2n) is 14.6. The summed E-state index contributed by atoms with van der Waals surface area (Å²) in [4.78, 5) is 7.86. The van der Waals surface area contributed by atoms with E-state index in [1.54, 1.807) is 50.0 Å². The van der Waals surface area contributed by atoms with E-state index in [0.29, 0.717) is 0 Å². The Bertz CT molecular complexity index is 1960. The number of nitrogens with zero attached hydrogens (tertiary/aromatic N) is 2. The molecule has 0 fully saturated rings. The Balaban J connectivity index is -0.000000842. The van der Waals surface area contributed by atoms with Crippen LogP contribution in [-0.2, 0) is 59.7 Å². The van der Waals surface area contributed by atoms with Gasteiger partial charge in [0.05, 0.1) is 0 Å². The molecule has 0 radical (unpaired) electrons. The Morgan fingerprint density at radius 2 is 0.524 bits per heavy atom. The van der Waals surface area contributed by atoms with Crippen LogP contribution in [0, 0.1) is 66.2 Å². The van der Waals surface area contributed by atoms with Crippen LogP contribution in [0.1, 0.15) is 44.5 Å². The van der Waals surface area contributed by atoms with Gasteiger partial charge in [0.15, 0.2) is 0 Å². The molecule has 0 atom stereocenters. The molecule has 0 amide bonds. The van der Waals surface area contributed by atoms with Crippen molar-refractivity contribution >= 4 is 89.8 Å². The van der Waals surface area contributed by atoms with E-state index in [2.05, 4.69) is 55.5 Å². The SMILES string of the molecule is CS(C)=O.CS(C)=O.CS(C)=O.CS(C)=O.Cc1cc(C)cc(NC(=N)/N=C(\[NH-])Nc2cc(C)cc(C)c2)c1.Cc1cc(C)cc(NC(=N)/N=C(\[NH-])Nc2cc(C)cc(C)c2)c1.[Ni+2]. The van der Waals surface area contributed by atoms with Crippen LogP contribution >= 0.6 is 0 Å². The zero-order valence-corrected chi connectivity index (χ0v) is 43.7. The third-order valence-corrected chi connectivity index (χ3v) is 6.38. The van der Waals surface area contributed by atoms with Crippen molar-refractivity contribution in [3.05, 3.63) is 129 Å². The van der Waals surface area contributed by atoms with Crippen LogP contribution in [0.25, 0.3) is 11.5 Å². The molecule has 63 heavy (non-hydrogen) atoms. The van der Waals surface area contributed by atoms with Crippen molar-refractivity contribution < 1.29 is 33.3 Å². The van der Waals surface area contributed by atoms with Gasteiger partial charge in [0.2, 0.25) is 0 Å². The van der Waals surface area contributed by atoms with Crippen molar-refractivity contribution in [1.29, 1.82) is 10.8 Å². The van der Waals surface area contributed by atoms with Crippen molar-refractivity contribution in [3.63, 3.8) is 0 Å². The Morgan fingerprint density at radius 1 is 0.381 bits per heavy atom.